The summed E-state index contributed by atoms with van der Waals surface area (Å²) < 4.78 is 39.8. The van der Waals surface area contributed by atoms with E-state index in [-0.39, 0.29) is 0 Å². The molecule has 0 unspecified atom stereocenters. The van der Waals surface area contributed by atoms with Crippen LogP contribution >= 0.6 is 15.9 Å². The molecule has 0 radical (unpaired) electrons. The summed E-state index contributed by atoms with van der Waals surface area (Å²) >= 11 is 3.14. The molecule has 2 rings (SSSR count). The quantitative estimate of drug-likeness (QED) is 0.724. The topological polar surface area (TPSA) is 17.8 Å². The minimum absolute atomic E-state index is 0.349. The van der Waals surface area contributed by atoms with E-state index >= 15 is 0 Å². The first-order valence-corrected chi connectivity index (χ1v) is 5.30. The van der Waals surface area contributed by atoms with Crippen LogP contribution in [0.1, 0.15) is 11.4 Å². The molecule has 0 atom stereocenters. The first-order chi connectivity index (χ1) is 7.30. The zero-order chi connectivity index (χ0) is 12.1. The standard InChI is InChI=1S/C10H8BrF3N2/c1-5-15-8-4-6(10(12,13)14)3-7(11)9(8)16(5)2/h3-4H,1-2H3. The van der Waals surface area contributed by atoms with Crippen LogP contribution in [0.25, 0.3) is 11.0 Å². The van der Waals surface area contributed by atoms with Gasteiger partial charge < -0.3 is 4.57 Å². The van der Waals surface area contributed by atoms with Gasteiger partial charge in [-0.2, -0.15) is 13.2 Å². The molecule has 0 spiro atoms. The van der Waals surface area contributed by atoms with Gasteiger partial charge >= 0.3 is 6.18 Å². The van der Waals surface area contributed by atoms with Crippen LogP contribution in [0.5, 0.6) is 0 Å². The molecule has 0 aliphatic rings. The molecule has 1 heterocycles. The number of alkyl halides is 3. The van der Waals surface area contributed by atoms with E-state index in [9.17, 15) is 13.2 Å². The second kappa shape index (κ2) is 3.48. The van der Waals surface area contributed by atoms with Gasteiger partial charge in [-0.15, -0.1) is 0 Å². The summed E-state index contributed by atoms with van der Waals surface area (Å²) in [7, 11) is 1.77. The van der Waals surface area contributed by atoms with Crippen LogP contribution in [-0.2, 0) is 13.2 Å². The summed E-state index contributed by atoms with van der Waals surface area (Å²) in [5, 5.41) is 0. The molecule has 0 fully saturated rings. The molecule has 16 heavy (non-hydrogen) atoms. The lowest BCUT2D eigenvalue weighted by Gasteiger charge is -2.07. The maximum absolute atomic E-state index is 12.5. The number of halogens is 4. The molecule has 0 amide bonds. The minimum Gasteiger partial charge on any atom is -0.330 e. The number of fused-ring (bicyclic) bond motifs is 1. The Morgan fingerprint density at radius 2 is 1.94 bits per heavy atom. The second-order valence-corrected chi connectivity index (χ2v) is 4.40. The van der Waals surface area contributed by atoms with Crippen LogP contribution in [0.3, 0.4) is 0 Å². The van der Waals surface area contributed by atoms with Crippen molar-refractivity contribution >= 4 is 27.0 Å². The van der Waals surface area contributed by atoms with Crippen molar-refractivity contribution in [3.8, 4) is 0 Å². The van der Waals surface area contributed by atoms with Crippen LogP contribution in [0, 0.1) is 6.92 Å². The fourth-order valence-corrected chi connectivity index (χ4v) is 2.29. The summed E-state index contributed by atoms with van der Waals surface area (Å²) in [6.45, 7) is 1.75. The summed E-state index contributed by atoms with van der Waals surface area (Å²) in [5.41, 5.74) is 0.331. The van der Waals surface area contributed by atoms with Crippen LogP contribution in [0.2, 0.25) is 0 Å². The highest BCUT2D eigenvalue weighted by Gasteiger charge is 2.31. The number of hydrogen-bond donors (Lipinski definition) is 0. The second-order valence-electron chi connectivity index (χ2n) is 3.54. The summed E-state index contributed by atoms with van der Waals surface area (Å²) in [6.07, 6.45) is -4.35. The Morgan fingerprint density at radius 1 is 1.31 bits per heavy atom. The molecule has 86 valence electrons. The average molecular weight is 293 g/mol. The van der Waals surface area contributed by atoms with Crippen molar-refractivity contribution in [1.82, 2.24) is 9.55 Å². The van der Waals surface area contributed by atoms with Crippen molar-refractivity contribution in [3.05, 3.63) is 28.0 Å². The van der Waals surface area contributed by atoms with Crippen LogP contribution < -0.4 is 0 Å². The van der Waals surface area contributed by atoms with Gasteiger partial charge in [0.15, 0.2) is 0 Å². The number of benzene rings is 1. The molecule has 0 saturated carbocycles. The van der Waals surface area contributed by atoms with Gasteiger partial charge in [0.25, 0.3) is 0 Å². The molecule has 0 bridgehead atoms. The van der Waals surface area contributed by atoms with Gasteiger partial charge in [0, 0.05) is 11.5 Å². The Labute approximate surface area is 98.2 Å². The Kier molecular flexibility index (Phi) is 2.49. The van der Waals surface area contributed by atoms with Gasteiger partial charge in [-0.3, -0.25) is 0 Å². The van der Waals surface area contributed by atoms with E-state index in [1.165, 1.54) is 0 Å². The highest BCUT2D eigenvalue weighted by atomic mass is 79.9. The average Bonchev–Trinajstić information content (AvgIpc) is 2.41. The maximum atomic E-state index is 12.5. The fourth-order valence-electron chi connectivity index (χ4n) is 1.58. The molecule has 0 N–H and O–H groups in total. The van der Waals surface area contributed by atoms with Crippen LogP contribution in [0.4, 0.5) is 13.2 Å². The highest BCUT2D eigenvalue weighted by molar-refractivity contribution is 9.10. The highest BCUT2D eigenvalue weighted by Crippen LogP contribution is 2.35. The molecule has 1 aromatic heterocycles. The van der Waals surface area contributed by atoms with Gasteiger partial charge in [0.1, 0.15) is 5.82 Å². The largest absolute Gasteiger partial charge is 0.416 e. The zero-order valence-corrected chi connectivity index (χ0v) is 10.1. The number of aromatic nitrogens is 2. The van der Waals surface area contributed by atoms with Crippen molar-refractivity contribution < 1.29 is 13.2 Å². The molecule has 2 aromatic rings. The molecular formula is C10H8BrF3N2. The van der Waals surface area contributed by atoms with Crippen LogP contribution in [0.15, 0.2) is 16.6 Å². The Morgan fingerprint density at radius 3 is 2.50 bits per heavy atom. The predicted molar refractivity (Wildman–Crippen MR) is 58.2 cm³/mol. The third-order valence-electron chi connectivity index (χ3n) is 2.47. The number of hydrogen-bond acceptors (Lipinski definition) is 1. The van der Waals surface area contributed by atoms with E-state index in [1.54, 1.807) is 18.5 Å². The van der Waals surface area contributed by atoms with Crippen molar-refractivity contribution in [2.75, 3.05) is 0 Å². The van der Waals surface area contributed by atoms with Crippen molar-refractivity contribution in [1.29, 1.82) is 0 Å². The Bertz CT molecular complexity index is 557. The Balaban J connectivity index is 2.79. The van der Waals surface area contributed by atoms with Gasteiger partial charge in [-0.1, -0.05) is 0 Å². The third-order valence-corrected chi connectivity index (χ3v) is 3.08. The number of rotatable bonds is 0. The third kappa shape index (κ3) is 1.71. The van der Waals surface area contributed by atoms with Crippen LogP contribution in [-0.4, -0.2) is 9.55 Å². The number of imidazole rings is 1. The SMILES string of the molecule is Cc1nc2cc(C(F)(F)F)cc(Br)c2n1C. The van der Waals surface area contributed by atoms with E-state index < -0.39 is 11.7 Å². The number of nitrogens with zero attached hydrogens (tertiary/aromatic N) is 2. The molecule has 0 aliphatic heterocycles. The maximum Gasteiger partial charge on any atom is 0.416 e. The molecule has 6 heteroatoms. The van der Waals surface area contributed by atoms with E-state index in [0.29, 0.717) is 21.3 Å². The summed E-state index contributed by atoms with van der Waals surface area (Å²) in [4.78, 5) is 4.08. The van der Waals surface area contributed by atoms with Gasteiger partial charge in [-0.05, 0) is 35.0 Å². The van der Waals surface area contributed by atoms with Gasteiger partial charge in [0.2, 0.25) is 0 Å². The van der Waals surface area contributed by atoms with Crippen molar-refractivity contribution in [2.45, 2.75) is 13.1 Å². The van der Waals surface area contributed by atoms with E-state index in [2.05, 4.69) is 20.9 Å². The summed E-state index contributed by atoms with van der Waals surface area (Å²) in [5.74, 6) is 0.676. The van der Waals surface area contributed by atoms with Gasteiger partial charge in [-0.25, -0.2) is 4.98 Å². The van der Waals surface area contributed by atoms with E-state index in [4.69, 9.17) is 0 Å². The smallest absolute Gasteiger partial charge is 0.330 e. The lowest BCUT2D eigenvalue weighted by molar-refractivity contribution is -0.137. The fraction of sp³-hybridized carbons (Fsp3) is 0.300. The normalized spacial score (nSPS) is 12.4. The lowest BCUT2D eigenvalue weighted by atomic mass is 10.2. The van der Waals surface area contributed by atoms with Crippen molar-refractivity contribution in [2.24, 2.45) is 7.05 Å². The molecule has 1 aromatic carbocycles. The summed E-state index contributed by atoms with van der Waals surface area (Å²) in [6, 6.07) is 2.14. The zero-order valence-electron chi connectivity index (χ0n) is 8.56. The lowest BCUT2D eigenvalue weighted by Crippen LogP contribution is -2.04. The predicted octanol–water partition coefficient (Wildman–Crippen LogP) is 3.66. The first-order valence-electron chi connectivity index (χ1n) is 4.50. The molecule has 2 nitrogen and oxygen atoms in total. The molecular weight excluding hydrogens is 285 g/mol. The first kappa shape index (κ1) is 11.4. The minimum atomic E-state index is -4.35. The monoisotopic (exact) mass is 292 g/mol. The molecule has 0 saturated heterocycles. The Hall–Kier alpha value is -1.04. The number of aryl methyl sites for hydroxylation is 2. The van der Waals surface area contributed by atoms with Crippen molar-refractivity contribution in [3.63, 3.8) is 0 Å². The van der Waals surface area contributed by atoms with Gasteiger partial charge in [0.05, 0.1) is 16.6 Å². The van der Waals surface area contributed by atoms with E-state index in [1.807, 2.05) is 0 Å². The van der Waals surface area contributed by atoms with E-state index in [0.717, 1.165) is 12.1 Å². The molecule has 0 aliphatic carbocycles.